The smallest absolute Gasteiger partial charge is 0.226 e. The fourth-order valence-electron chi connectivity index (χ4n) is 4.68. The van der Waals surface area contributed by atoms with Crippen molar-refractivity contribution in [3.05, 3.63) is 118 Å². The van der Waals surface area contributed by atoms with Crippen molar-refractivity contribution in [2.24, 2.45) is 11.1 Å². The molecule has 2 unspecified atom stereocenters. The number of oxime groups is 1. The highest BCUT2D eigenvalue weighted by molar-refractivity contribution is 6.30. The molecule has 7 nitrogen and oxygen atoms in total. The largest absolute Gasteiger partial charge is 0.444 e. The van der Waals surface area contributed by atoms with Gasteiger partial charge in [-0.2, -0.15) is 0 Å². The van der Waals surface area contributed by atoms with Crippen LogP contribution in [0.2, 0.25) is 5.02 Å². The molecule has 8 heteroatoms. The first-order chi connectivity index (χ1) is 20.4. The molecule has 1 aliphatic carbocycles. The van der Waals surface area contributed by atoms with E-state index >= 15 is 0 Å². The lowest BCUT2D eigenvalue weighted by molar-refractivity contribution is 0.102. The Kier molecular flexibility index (Phi) is 9.52. The summed E-state index contributed by atoms with van der Waals surface area (Å²) in [6.45, 7) is 6.65. The fourth-order valence-corrected chi connectivity index (χ4v) is 4.80. The zero-order valence-corrected chi connectivity index (χ0v) is 24.7. The van der Waals surface area contributed by atoms with Gasteiger partial charge in [0, 0.05) is 16.1 Å². The van der Waals surface area contributed by atoms with Gasteiger partial charge in [0.25, 0.3) is 0 Å². The van der Waals surface area contributed by atoms with Crippen LogP contribution in [-0.2, 0) is 18.0 Å². The third-order valence-corrected chi connectivity index (χ3v) is 7.40. The van der Waals surface area contributed by atoms with Crippen molar-refractivity contribution < 1.29 is 18.8 Å². The monoisotopic (exact) mass is 583 g/mol. The molecular formula is C34H34ClN3O4. The molecule has 1 aliphatic rings. The second-order valence-corrected chi connectivity index (χ2v) is 11.1. The molecule has 42 heavy (non-hydrogen) atoms. The molecule has 2 heterocycles. The Labute approximate surface area is 250 Å². The third-order valence-electron chi connectivity index (χ3n) is 7.15. The molecule has 1 saturated carbocycles. The van der Waals surface area contributed by atoms with Crippen LogP contribution in [0, 0.1) is 19.8 Å². The van der Waals surface area contributed by atoms with Crippen LogP contribution in [0.25, 0.3) is 22.9 Å². The topological polar surface area (TPSA) is 93.9 Å². The number of halogens is 1. The van der Waals surface area contributed by atoms with Crippen molar-refractivity contribution in [1.29, 1.82) is 0 Å². The van der Waals surface area contributed by atoms with Crippen LogP contribution < -0.4 is 0 Å². The van der Waals surface area contributed by atoms with Crippen molar-refractivity contribution >= 4 is 17.3 Å². The zero-order valence-electron chi connectivity index (χ0n) is 24.0. The van der Waals surface area contributed by atoms with Gasteiger partial charge in [0.15, 0.2) is 0 Å². The van der Waals surface area contributed by atoms with E-state index in [9.17, 15) is 0 Å². The predicted molar refractivity (Wildman–Crippen MR) is 164 cm³/mol. The summed E-state index contributed by atoms with van der Waals surface area (Å²) in [6.07, 6.45) is 5.32. The molecule has 216 valence electrons. The Morgan fingerprint density at radius 2 is 1.33 bits per heavy atom. The maximum Gasteiger partial charge on any atom is 0.226 e. The summed E-state index contributed by atoms with van der Waals surface area (Å²) in [6, 6.07) is 24.1. The first kappa shape index (κ1) is 29.3. The maximum atomic E-state index is 8.58. The van der Waals surface area contributed by atoms with Gasteiger partial charge in [0.05, 0.1) is 18.9 Å². The fraction of sp³-hybridized carbons (Fsp3) is 0.265. The average Bonchev–Trinajstić information content (AvgIpc) is 3.35. The van der Waals surface area contributed by atoms with Crippen molar-refractivity contribution in [2.75, 3.05) is 0 Å². The van der Waals surface area contributed by atoms with Gasteiger partial charge in [-0.15, -0.1) is 0 Å². The Morgan fingerprint density at radius 3 is 1.81 bits per heavy atom. The minimum Gasteiger partial charge on any atom is -0.444 e. The van der Waals surface area contributed by atoms with Crippen molar-refractivity contribution in [2.45, 2.75) is 52.7 Å². The molecule has 2 atom stereocenters. The molecule has 1 N–H and O–H groups in total. The summed E-state index contributed by atoms with van der Waals surface area (Å²) in [5.41, 5.74) is 7.95. The Morgan fingerprint density at radius 1 is 0.833 bits per heavy atom. The summed E-state index contributed by atoms with van der Waals surface area (Å²) >= 11 is 5.83. The van der Waals surface area contributed by atoms with Crippen molar-refractivity contribution in [3.63, 3.8) is 0 Å². The van der Waals surface area contributed by atoms with E-state index < -0.39 is 0 Å². The molecule has 0 saturated heterocycles. The average molecular weight is 584 g/mol. The van der Waals surface area contributed by atoms with Crippen LogP contribution in [0.1, 0.15) is 53.8 Å². The van der Waals surface area contributed by atoms with Crippen LogP contribution in [0.4, 0.5) is 0 Å². The molecule has 0 spiro atoms. The van der Waals surface area contributed by atoms with E-state index in [1.54, 1.807) is 12.5 Å². The summed E-state index contributed by atoms with van der Waals surface area (Å²) in [5, 5.41) is 12.6. The molecule has 0 aliphatic heterocycles. The van der Waals surface area contributed by atoms with E-state index in [1.807, 2.05) is 81.4 Å². The molecule has 5 aromatic rings. The number of hydrogen-bond acceptors (Lipinski definition) is 7. The zero-order chi connectivity index (χ0) is 29.5. The van der Waals surface area contributed by atoms with E-state index in [2.05, 4.69) is 27.3 Å². The van der Waals surface area contributed by atoms with Gasteiger partial charge in [-0.25, -0.2) is 9.97 Å². The summed E-state index contributed by atoms with van der Waals surface area (Å²) in [7, 11) is 0. The summed E-state index contributed by atoms with van der Waals surface area (Å²) in [5.74, 6) is 2.45. The van der Waals surface area contributed by atoms with Gasteiger partial charge in [0.2, 0.25) is 11.8 Å². The molecule has 0 amide bonds. The van der Waals surface area contributed by atoms with Gasteiger partial charge in [-0.05, 0) is 87.4 Å². The lowest BCUT2D eigenvalue weighted by Crippen LogP contribution is -1.95. The SMILES string of the molecule is C/C(CC1CC1c1ccc(Cl)cc1)=N\O.Cc1ccc(-c2nc(COCc3coc(-c4ccc(C)cc4)n3)co2)cc1. The highest BCUT2D eigenvalue weighted by atomic mass is 35.5. The molecule has 6 rings (SSSR count). The highest BCUT2D eigenvalue weighted by Gasteiger charge is 2.38. The lowest BCUT2D eigenvalue weighted by atomic mass is 10.1. The Hall–Kier alpha value is -4.20. The van der Waals surface area contributed by atoms with E-state index in [4.69, 9.17) is 30.4 Å². The highest BCUT2D eigenvalue weighted by Crippen LogP contribution is 2.49. The van der Waals surface area contributed by atoms with Crippen LogP contribution in [0.15, 0.2) is 99.3 Å². The third kappa shape index (κ3) is 7.96. The van der Waals surface area contributed by atoms with E-state index in [1.165, 1.54) is 23.1 Å². The first-order valence-electron chi connectivity index (χ1n) is 13.9. The maximum absolute atomic E-state index is 8.58. The second-order valence-electron chi connectivity index (χ2n) is 10.7. The van der Waals surface area contributed by atoms with E-state index in [0.29, 0.717) is 36.8 Å². The molecule has 0 radical (unpaired) electrons. The predicted octanol–water partition coefficient (Wildman–Crippen LogP) is 9.01. The summed E-state index contributed by atoms with van der Waals surface area (Å²) in [4.78, 5) is 8.93. The standard InChI is InChI=1S/C22H20N2O3.C12H14ClNO/c1-15-3-7-17(8-4-15)21-23-19(13-26-21)11-25-12-20-14-27-22(24-20)18-9-5-16(2)6-10-18;1-8(14-15)6-10-7-12(10)9-2-4-11(13)5-3-9/h3-10,13-14H,11-12H2,1-2H3;2-5,10,12,15H,6-7H2,1H3/b;14-8+. The van der Waals surface area contributed by atoms with Crippen molar-refractivity contribution in [1.82, 2.24) is 9.97 Å². The first-order valence-corrected chi connectivity index (χ1v) is 14.3. The number of aryl methyl sites for hydroxylation is 2. The second kappa shape index (κ2) is 13.6. The molecule has 1 fully saturated rings. The van der Waals surface area contributed by atoms with E-state index in [-0.39, 0.29) is 0 Å². The Balaban J connectivity index is 0.000000199. The van der Waals surface area contributed by atoms with Gasteiger partial charge in [-0.1, -0.05) is 64.3 Å². The van der Waals surface area contributed by atoms with Crippen LogP contribution >= 0.6 is 11.6 Å². The normalized spacial score (nSPS) is 16.1. The Bertz CT molecular complexity index is 1520. The number of aromatic nitrogens is 2. The number of rotatable bonds is 9. The number of ether oxygens (including phenoxy) is 1. The molecular weight excluding hydrogens is 550 g/mol. The van der Waals surface area contributed by atoms with E-state index in [0.717, 1.165) is 39.7 Å². The number of nitrogens with zero attached hydrogens (tertiary/aromatic N) is 3. The molecule has 2 aromatic heterocycles. The lowest BCUT2D eigenvalue weighted by Gasteiger charge is -2.00. The van der Waals surface area contributed by atoms with Crippen LogP contribution in [0.3, 0.4) is 0 Å². The van der Waals surface area contributed by atoms with Crippen LogP contribution in [-0.4, -0.2) is 20.9 Å². The van der Waals surface area contributed by atoms with Gasteiger partial charge in [0.1, 0.15) is 23.9 Å². The van der Waals surface area contributed by atoms with Crippen LogP contribution in [0.5, 0.6) is 0 Å². The number of oxazole rings is 2. The molecule has 0 bridgehead atoms. The molecule has 3 aromatic carbocycles. The number of hydrogen-bond donors (Lipinski definition) is 1. The number of benzene rings is 3. The van der Waals surface area contributed by atoms with Gasteiger partial charge in [-0.3, -0.25) is 0 Å². The minimum absolute atomic E-state index is 0.349. The summed E-state index contributed by atoms with van der Waals surface area (Å²) < 4.78 is 16.8. The van der Waals surface area contributed by atoms with Crippen molar-refractivity contribution in [3.8, 4) is 22.9 Å². The quantitative estimate of drug-likeness (QED) is 0.106. The minimum atomic E-state index is 0.349. The van der Waals surface area contributed by atoms with Gasteiger partial charge >= 0.3 is 0 Å². The van der Waals surface area contributed by atoms with Gasteiger partial charge < -0.3 is 18.8 Å².